The van der Waals surface area contributed by atoms with Crippen molar-refractivity contribution in [2.24, 2.45) is 0 Å². The minimum absolute atomic E-state index is 0.0909. The van der Waals surface area contributed by atoms with Crippen LogP contribution in [0, 0.1) is 5.82 Å². The number of rotatable bonds is 2. The third kappa shape index (κ3) is 2.39. The van der Waals surface area contributed by atoms with Crippen LogP contribution in [0.15, 0.2) is 18.2 Å². The van der Waals surface area contributed by atoms with Crippen LogP contribution in [0.25, 0.3) is 0 Å². The van der Waals surface area contributed by atoms with Crippen LogP contribution in [-0.2, 0) is 0 Å². The zero-order chi connectivity index (χ0) is 10.8. The van der Waals surface area contributed by atoms with Crippen molar-refractivity contribution >= 4 is 5.69 Å². The maximum atomic E-state index is 13.4. The van der Waals surface area contributed by atoms with E-state index in [9.17, 15) is 4.39 Å². The Morgan fingerprint density at radius 2 is 2.33 bits per heavy atom. The lowest BCUT2D eigenvalue weighted by Gasteiger charge is -2.14. The van der Waals surface area contributed by atoms with Crippen molar-refractivity contribution in [2.75, 3.05) is 25.9 Å². The Labute approximate surface area is 88.6 Å². The van der Waals surface area contributed by atoms with Crippen molar-refractivity contribution < 1.29 is 9.13 Å². The van der Waals surface area contributed by atoms with E-state index in [4.69, 9.17) is 10.5 Å². The number of benzene rings is 1. The standard InChI is InChI=1S/C11H15FN2O/c1-14-5-4-9(7-14)15-11-3-2-8(13)6-10(11)12/h2-3,6,9H,4-5,7,13H2,1H3. The molecule has 1 aliphatic heterocycles. The van der Waals surface area contributed by atoms with Gasteiger partial charge >= 0.3 is 0 Å². The molecule has 2 rings (SSSR count). The highest BCUT2D eigenvalue weighted by Crippen LogP contribution is 2.22. The van der Waals surface area contributed by atoms with Crippen LogP contribution in [0.2, 0.25) is 0 Å². The van der Waals surface area contributed by atoms with E-state index in [1.54, 1.807) is 12.1 Å². The molecule has 0 aliphatic carbocycles. The van der Waals surface area contributed by atoms with E-state index in [2.05, 4.69) is 4.90 Å². The Hall–Kier alpha value is -1.29. The molecule has 1 aliphatic rings. The number of nitrogen functional groups attached to an aromatic ring is 1. The fraction of sp³-hybridized carbons (Fsp3) is 0.455. The fourth-order valence-electron chi connectivity index (χ4n) is 1.78. The Kier molecular flexibility index (Phi) is 2.77. The highest BCUT2D eigenvalue weighted by Gasteiger charge is 2.21. The zero-order valence-electron chi connectivity index (χ0n) is 8.74. The molecule has 0 radical (unpaired) electrons. The van der Waals surface area contributed by atoms with Crippen molar-refractivity contribution in [1.29, 1.82) is 0 Å². The lowest BCUT2D eigenvalue weighted by atomic mass is 10.2. The van der Waals surface area contributed by atoms with Gasteiger partial charge in [0.25, 0.3) is 0 Å². The Morgan fingerprint density at radius 3 is 2.93 bits per heavy atom. The van der Waals surface area contributed by atoms with E-state index in [1.807, 2.05) is 7.05 Å². The van der Waals surface area contributed by atoms with Gasteiger partial charge in [-0.2, -0.15) is 0 Å². The maximum Gasteiger partial charge on any atom is 0.167 e. The van der Waals surface area contributed by atoms with Crippen molar-refractivity contribution in [1.82, 2.24) is 4.90 Å². The average molecular weight is 210 g/mol. The number of likely N-dealkylation sites (N-methyl/N-ethyl adjacent to an activating group) is 1. The second-order valence-electron chi connectivity index (χ2n) is 3.98. The lowest BCUT2D eigenvalue weighted by Crippen LogP contribution is -2.21. The first-order valence-corrected chi connectivity index (χ1v) is 5.05. The van der Waals surface area contributed by atoms with Gasteiger partial charge in [-0.05, 0) is 25.6 Å². The molecule has 3 nitrogen and oxygen atoms in total. The van der Waals surface area contributed by atoms with Crippen LogP contribution in [0.3, 0.4) is 0 Å². The summed E-state index contributed by atoms with van der Waals surface area (Å²) in [6, 6.07) is 4.52. The molecular weight excluding hydrogens is 195 g/mol. The van der Waals surface area contributed by atoms with E-state index in [-0.39, 0.29) is 11.9 Å². The zero-order valence-corrected chi connectivity index (χ0v) is 8.74. The molecule has 0 amide bonds. The molecule has 0 bridgehead atoms. The quantitative estimate of drug-likeness (QED) is 0.752. The molecule has 1 heterocycles. The monoisotopic (exact) mass is 210 g/mol. The van der Waals surface area contributed by atoms with E-state index in [0.29, 0.717) is 11.4 Å². The third-order valence-electron chi connectivity index (χ3n) is 2.60. The van der Waals surface area contributed by atoms with Gasteiger partial charge in [-0.25, -0.2) is 4.39 Å². The number of likely N-dealkylation sites (tertiary alicyclic amines) is 1. The summed E-state index contributed by atoms with van der Waals surface area (Å²) in [6.07, 6.45) is 1.04. The molecule has 1 fully saturated rings. The van der Waals surface area contributed by atoms with Crippen LogP contribution < -0.4 is 10.5 Å². The summed E-state index contributed by atoms with van der Waals surface area (Å²) in [7, 11) is 2.03. The molecule has 0 spiro atoms. The van der Waals surface area contributed by atoms with Crippen molar-refractivity contribution in [3.8, 4) is 5.75 Å². The molecule has 1 saturated heterocycles. The van der Waals surface area contributed by atoms with E-state index in [0.717, 1.165) is 19.5 Å². The van der Waals surface area contributed by atoms with Crippen molar-refractivity contribution in [3.05, 3.63) is 24.0 Å². The summed E-state index contributed by atoms with van der Waals surface area (Å²) in [6.45, 7) is 1.85. The number of nitrogens with zero attached hydrogens (tertiary/aromatic N) is 1. The topological polar surface area (TPSA) is 38.5 Å². The molecule has 2 N–H and O–H groups in total. The average Bonchev–Trinajstić information content (AvgIpc) is 2.56. The van der Waals surface area contributed by atoms with Gasteiger partial charge in [-0.1, -0.05) is 0 Å². The van der Waals surface area contributed by atoms with Gasteiger partial charge in [0.05, 0.1) is 0 Å². The van der Waals surface area contributed by atoms with Crippen molar-refractivity contribution in [3.63, 3.8) is 0 Å². The van der Waals surface area contributed by atoms with Gasteiger partial charge in [0.2, 0.25) is 0 Å². The molecule has 82 valence electrons. The number of hydrogen-bond acceptors (Lipinski definition) is 3. The first-order valence-electron chi connectivity index (χ1n) is 5.05. The molecular formula is C11H15FN2O. The Balaban J connectivity index is 2.04. The van der Waals surface area contributed by atoms with Gasteiger partial charge in [0.1, 0.15) is 6.10 Å². The normalized spacial score (nSPS) is 21.9. The summed E-state index contributed by atoms with van der Waals surface area (Å²) in [5, 5.41) is 0. The smallest absolute Gasteiger partial charge is 0.167 e. The molecule has 1 atom stereocenters. The SMILES string of the molecule is CN1CCC(Oc2ccc(N)cc2F)C1. The van der Waals surface area contributed by atoms with Crippen LogP contribution in [0.5, 0.6) is 5.75 Å². The van der Waals surface area contributed by atoms with Crippen LogP contribution in [-0.4, -0.2) is 31.1 Å². The summed E-state index contributed by atoms with van der Waals surface area (Å²) in [5.41, 5.74) is 5.87. The largest absolute Gasteiger partial charge is 0.486 e. The third-order valence-corrected chi connectivity index (χ3v) is 2.60. The molecule has 0 saturated carbocycles. The van der Waals surface area contributed by atoms with E-state index >= 15 is 0 Å². The molecule has 1 aromatic carbocycles. The van der Waals surface area contributed by atoms with Gasteiger partial charge in [0, 0.05) is 24.8 Å². The molecule has 4 heteroatoms. The number of halogens is 1. The summed E-state index contributed by atoms with van der Waals surface area (Å²) in [4.78, 5) is 2.17. The van der Waals surface area contributed by atoms with Gasteiger partial charge in [0.15, 0.2) is 11.6 Å². The highest BCUT2D eigenvalue weighted by atomic mass is 19.1. The number of hydrogen-bond donors (Lipinski definition) is 1. The van der Waals surface area contributed by atoms with Crippen LogP contribution in [0.1, 0.15) is 6.42 Å². The second kappa shape index (κ2) is 4.06. The first-order chi connectivity index (χ1) is 7.15. The summed E-state index contributed by atoms with van der Waals surface area (Å²) < 4.78 is 18.9. The summed E-state index contributed by atoms with van der Waals surface area (Å²) in [5.74, 6) is -0.0888. The number of nitrogens with two attached hydrogens (primary N) is 1. The number of ether oxygens (including phenoxy) is 1. The van der Waals surface area contributed by atoms with E-state index in [1.165, 1.54) is 6.07 Å². The molecule has 1 unspecified atom stereocenters. The van der Waals surface area contributed by atoms with E-state index < -0.39 is 0 Å². The molecule has 1 aromatic rings. The van der Waals surface area contributed by atoms with Crippen molar-refractivity contribution in [2.45, 2.75) is 12.5 Å². The first kappa shape index (κ1) is 10.2. The summed E-state index contributed by atoms with van der Waals surface area (Å²) >= 11 is 0. The second-order valence-corrected chi connectivity index (χ2v) is 3.98. The van der Waals surface area contributed by atoms with Crippen LogP contribution in [0.4, 0.5) is 10.1 Å². The Bertz CT molecular complexity index is 356. The minimum atomic E-state index is -0.385. The highest BCUT2D eigenvalue weighted by molar-refractivity contribution is 5.42. The lowest BCUT2D eigenvalue weighted by molar-refractivity contribution is 0.199. The van der Waals surface area contributed by atoms with Crippen LogP contribution >= 0.6 is 0 Å². The maximum absolute atomic E-state index is 13.4. The predicted molar refractivity (Wildman–Crippen MR) is 57.3 cm³/mol. The van der Waals surface area contributed by atoms with Gasteiger partial charge in [-0.15, -0.1) is 0 Å². The van der Waals surface area contributed by atoms with Gasteiger partial charge < -0.3 is 15.4 Å². The molecule has 0 aromatic heterocycles. The minimum Gasteiger partial charge on any atom is -0.486 e. The Morgan fingerprint density at radius 1 is 1.53 bits per heavy atom. The predicted octanol–water partition coefficient (Wildman–Crippen LogP) is 1.49. The van der Waals surface area contributed by atoms with Gasteiger partial charge in [-0.3, -0.25) is 0 Å². The fourth-order valence-corrected chi connectivity index (χ4v) is 1.78. The number of anilines is 1. The molecule has 15 heavy (non-hydrogen) atoms.